The molecular weight excluding hydrogens is 254 g/mol. The van der Waals surface area contributed by atoms with Crippen LogP contribution in [0, 0.1) is 11.8 Å². The van der Waals surface area contributed by atoms with Crippen molar-refractivity contribution >= 4 is 11.8 Å². The number of hydrogen-bond acceptors (Lipinski definition) is 3. The van der Waals surface area contributed by atoms with Crippen molar-refractivity contribution < 1.29 is 9.59 Å². The van der Waals surface area contributed by atoms with Crippen LogP contribution in [0.5, 0.6) is 0 Å². The van der Waals surface area contributed by atoms with Crippen molar-refractivity contribution in [2.45, 2.75) is 45.6 Å². The van der Waals surface area contributed by atoms with E-state index >= 15 is 0 Å². The zero-order chi connectivity index (χ0) is 15.1. The van der Waals surface area contributed by atoms with Crippen LogP contribution in [0.25, 0.3) is 0 Å². The molecule has 2 atom stereocenters. The number of rotatable bonds is 6. The second kappa shape index (κ2) is 8.25. The predicted octanol–water partition coefficient (Wildman–Crippen LogP) is 0.995. The van der Waals surface area contributed by atoms with E-state index < -0.39 is 0 Å². The number of carbonyl (C=O) groups is 2. The van der Waals surface area contributed by atoms with E-state index in [1.54, 1.807) is 0 Å². The van der Waals surface area contributed by atoms with Crippen LogP contribution in [0.15, 0.2) is 0 Å². The maximum absolute atomic E-state index is 11.9. The summed E-state index contributed by atoms with van der Waals surface area (Å²) in [5.74, 6) is 0.283. The third kappa shape index (κ3) is 5.90. The van der Waals surface area contributed by atoms with Crippen molar-refractivity contribution in [1.29, 1.82) is 0 Å². The van der Waals surface area contributed by atoms with Crippen LogP contribution in [0.3, 0.4) is 0 Å². The second-order valence-electron chi connectivity index (χ2n) is 6.35. The molecule has 0 aromatic heterocycles. The van der Waals surface area contributed by atoms with Crippen LogP contribution in [0.2, 0.25) is 0 Å². The molecule has 5 heteroatoms. The fourth-order valence-electron chi connectivity index (χ4n) is 2.71. The minimum Gasteiger partial charge on any atom is -0.352 e. The number of nitrogens with one attached hydrogen (secondary N) is 2. The number of hydrogen-bond donors (Lipinski definition) is 2. The van der Waals surface area contributed by atoms with Crippen molar-refractivity contribution in [2.75, 3.05) is 27.2 Å². The van der Waals surface area contributed by atoms with E-state index in [0.717, 1.165) is 13.0 Å². The highest BCUT2D eigenvalue weighted by atomic mass is 16.2. The lowest BCUT2D eigenvalue weighted by Crippen LogP contribution is -2.48. The molecule has 2 unspecified atom stereocenters. The average Bonchev–Trinajstić information content (AvgIpc) is 2.37. The van der Waals surface area contributed by atoms with Gasteiger partial charge in [-0.25, -0.2) is 0 Å². The van der Waals surface area contributed by atoms with Gasteiger partial charge in [-0.3, -0.25) is 9.59 Å². The molecule has 0 aromatic rings. The second-order valence-corrected chi connectivity index (χ2v) is 6.35. The monoisotopic (exact) mass is 283 g/mol. The number of carbonyl (C=O) groups excluding carboxylic acids is 2. The van der Waals surface area contributed by atoms with Gasteiger partial charge in [0.25, 0.3) is 0 Å². The highest BCUT2D eigenvalue weighted by Crippen LogP contribution is 2.24. The fraction of sp³-hybridized carbons (Fsp3) is 0.867. The zero-order valence-corrected chi connectivity index (χ0v) is 13.2. The average molecular weight is 283 g/mol. The zero-order valence-electron chi connectivity index (χ0n) is 13.2. The van der Waals surface area contributed by atoms with E-state index in [9.17, 15) is 9.59 Å². The highest BCUT2D eigenvalue weighted by molar-refractivity contribution is 5.85. The molecule has 20 heavy (non-hydrogen) atoms. The molecule has 0 aliphatic heterocycles. The molecule has 0 aromatic carbocycles. The molecule has 1 aliphatic carbocycles. The van der Waals surface area contributed by atoms with Crippen LogP contribution in [0.4, 0.5) is 0 Å². The topological polar surface area (TPSA) is 61.4 Å². The quantitative estimate of drug-likeness (QED) is 0.764. The summed E-state index contributed by atoms with van der Waals surface area (Å²) in [5, 5.41) is 5.75. The van der Waals surface area contributed by atoms with E-state index in [2.05, 4.69) is 29.6 Å². The fourth-order valence-corrected chi connectivity index (χ4v) is 2.71. The lowest BCUT2D eigenvalue weighted by atomic mass is 9.84. The standard InChI is InChI=1S/C15H29N3O2/c1-11(2)15(20)16-9-14(19)17-13-8-6-5-7-12(13)10-18(3)4/h11-13H,5-10H2,1-4H3,(H,16,20)(H,17,19). The van der Waals surface area contributed by atoms with Gasteiger partial charge < -0.3 is 15.5 Å². The van der Waals surface area contributed by atoms with Crippen LogP contribution in [-0.4, -0.2) is 49.9 Å². The van der Waals surface area contributed by atoms with Crippen molar-refractivity contribution in [1.82, 2.24) is 15.5 Å². The van der Waals surface area contributed by atoms with Gasteiger partial charge in [-0.1, -0.05) is 26.7 Å². The van der Waals surface area contributed by atoms with Crippen molar-refractivity contribution in [3.8, 4) is 0 Å². The molecule has 2 N–H and O–H groups in total. The van der Waals surface area contributed by atoms with Crippen LogP contribution in [-0.2, 0) is 9.59 Å². The first-order valence-electron chi connectivity index (χ1n) is 7.62. The van der Waals surface area contributed by atoms with E-state index in [0.29, 0.717) is 5.92 Å². The van der Waals surface area contributed by atoms with Crippen molar-refractivity contribution in [3.63, 3.8) is 0 Å². The molecule has 0 heterocycles. The molecule has 5 nitrogen and oxygen atoms in total. The molecule has 1 saturated carbocycles. The van der Waals surface area contributed by atoms with Gasteiger partial charge in [0.15, 0.2) is 0 Å². The lowest BCUT2D eigenvalue weighted by molar-refractivity contribution is -0.128. The first kappa shape index (κ1) is 17.0. The molecule has 0 bridgehead atoms. The molecule has 0 radical (unpaired) electrons. The Kier molecular flexibility index (Phi) is 6.99. The maximum atomic E-state index is 11.9. The Morgan fingerprint density at radius 1 is 1.20 bits per heavy atom. The van der Waals surface area contributed by atoms with Crippen molar-refractivity contribution in [2.24, 2.45) is 11.8 Å². The lowest BCUT2D eigenvalue weighted by Gasteiger charge is -2.34. The Morgan fingerprint density at radius 2 is 1.85 bits per heavy atom. The third-order valence-corrected chi connectivity index (χ3v) is 3.80. The molecule has 1 fully saturated rings. The first-order valence-corrected chi connectivity index (χ1v) is 7.62. The van der Waals surface area contributed by atoms with Crippen molar-refractivity contribution in [3.05, 3.63) is 0 Å². The predicted molar refractivity (Wildman–Crippen MR) is 80.3 cm³/mol. The summed E-state index contributed by atoms with van der Waals surface area (Å²) < 4.78 is 0. The number of nitrogens with zero attached hydrogens (tertiary/aromatic N) is 1. The van der Waals surface area contributed by atoms with Crippen LogP contribution in [0.1, 0.15) is 39.5 Å². The van der Waals surface area contributed by atoms with E-state index in [1.807, 2.05) is 13.8 Å². The molecule has 2 amide bonds. The summed E-state index contributed by atoms with van der Waals surface area (Å²) in [6.45, 7) is 4.73. The van der Waals surface area contributed by atoms with Gasteiger partial charge in [0, 0.05) is 18.5 Å². The molecule has 116 valence electrons. The van der Waals surface area contributed by atoms with Crippen LogP contribution >= 0.6 is 0 Å². The van der Waals surface area contributed by atoms with E-state index in [-0.39, 0.29) is 30.3 Å². The van der Waals surface area contributed by atoms with E-state index in [1.165, 1.54) is 19.3 Å². The molecule has 1 aliphatic rings. The van der Waals surface area contributed by atoms with Crippen LogP contribution < -0.4 is 10.6 Å². The first-order chi connectivity index (χ1) is 9.40. The van der Waals surface area contributed by atoms with Gasteiger partial charge in [0.1, 0.15) is 0 Å². The largest absolute Gasteiger partial charge is 0.352 e. The molecular formula is C15H29N3O2. The summed E-state index contributed by atoms with van der Waals surface area (Å²) in [6, 6.07) is 0.245. The third-order valence-electron chi connectivity index (χ3n) is 3.80. The Bertz CT molecular complexity index is 329. The Balaban J connectivity index is 2.39. The summed E-state index contributed by atoms with van der Waals surface area (Å²) in [7, 11) is 4.13. The van der Waals surface area contributed by atoms with Gasteiger partial charge in [-0.2, -0.15) is 0 Å². The summed E-state index contributed by atoms with van der Waals surface area (Å²) >= 11 is 0. The Hall–Kier alpha value is -1.10. The normalized spacial score (nSPS) is 22.9. The smallest absolute Gasteiger partial charge is 0.239 e. The Labute approximate surface area is 122 Å². The maximum Gasteiger partial charge on any atom is 0.239 e. The minimum atomic E-state index is -0.0843. The number of amides is 2. The van der Waals surface area contributed by atoms with Gasteiger partial charge in [-0.05, 0) is 32.9 Å². The molecule has 0 spiro atoms. The summed E-state index contributed by atoms with van der Waals surface area (Å²) in [4.78, 5) is 25.6. The van der Waals surface area contributed by atoms with Gasteiger partial charge in [0.2, 0.25) is 11.8 Å². The SMILES string of the molecule is CC(C)C(=O)NCC(=O)NC1CCCCC1CN(C)C. The summed E-state index contributed by atoms with van der Waals surface area (Å²) in [5.41, 5.74) is 0. The summed E-state index contributed by atoms with van der Waals surface area (Å²) in [6.07, 6.45) is 4.63. The van der Waals surface area contributed by atoms with Gasteiger partial charge in [0.05, 0.1) is 6.54 Å². The van der Waals surface area contributed by atoms with Gasteiger partial charge in [-0.15, -0.1) is 0 Å². The van der Waals surface area contributed by atoms with E-state index in [4.69, 9.17) is 0 Å². The Morgan fingerprint density at radius 3 is 2.45 bits per heavy atom. The highest BCUT2D eigenvalue weighted by Gasteiger charge is 2.26. The van der Waals surface area contributed by atoms with Gasteiger partial charge >= 0.3 is 0 Å². The molecule has 0 saturated heterocycles. The molecule has 1 rings (SSSR count). The minimum absolute atomic E-state index is 0.0744.